The average molecular weight is 363 g/mol. The number of nitrogens with one attached hydrogen (secondary N) is 1. The highest BCUT2D eigenvalue weighted by Gasteiger charge is 2.16. The van der Waals surface area contributed by atoms with E-state index in [1.807, 2.05) is 39.8 Å². The second-order valence-corrected chi connectivity index (χ2v) is 6.06. The zero-order chi connectivity index (χ0) is 19.5. The number of rotatable bonds is 10. The number of carbonyl (C=O) groups excluding carboxylic acids is 2. The van der Waals surface area contributed by atoms with Crippen molar-refractivity contribution in [2.75, 3.05) is 13.2 Å². The number of hydrogen-bond acceptors (Lipinski definition) is 5. The number of ether oxygens (including phenoxy) is 3. The Morgan fingerprint density at radius 2 is 1.85 bits per heavy atom. The Labute approximate surface area is 155 Å². The molecule has 1 atom stereocenters. The largest absolute Gasteiger partial charge is 0.490 e. The van der Waals surface area contributed by atoms with Crippen LogP contribution in [0.5, 0.6) is 11.5 Å². The molecule has 1 amide bonds. The summed E-state index contributed by atoms with van der Waals surface area (Å²) in [6.45, 7) is 10.3. The van der Waals surface area contributed by atoms with Gasteiger partial charge in [0.15, 0.2) is 17.6 Å². The van der Waals surface area contributed by atoms with Gasteiger partial charge in [0.1, 0.15) is 0 Å². The fourth-order valence-corrected chi connectivity index (χ4v) is 2.06. The molecule has 0 aromatic heterocycles. The van der Waals surface area contributed by atoms with Gasteiger partial charge < -0.3 is 19.5 Å². The lowest BCUT2D eigenvalue weighted by Gasteiger charge is -2.14. The molecule has 1 rings (SSSR count). The molecule has 1 N–H and O–H groups in total. The van der Waals surface area contributed by atoms with Gasteiger partial charge in [0.25, 0.3) is 5.91 Å². The van der Waals surface area contributed by atoms with E-state index in [-0.39, 0.29) is 11.9 Å². The Balaban J connectivity index is 2.72. The third-order valence-corrected chi connectivity index (χ3v) is 3.23. The third-order valence-electron chi connectivity index (χ3n) is 3.23. The molecule has 0 radical (unpaired) electrons. The van der Waals surface area contributed by atoms with Crippen LogP contribution in [0.2, 0.25) is 0 Å². The lowest BCUT2D eigenvalue weighted by Crippen LogP contribution is -2.39. The number of carbonyl (C=O) groups is 2. The molecule has 26 heavy (non-hydrogen) atoms. The fraction of sp³-hybridized carbons (Fsp3) is 0.500. The van der Waals surface area contributed by atoms with Gasteiger partial charge in [-0.05, 0) is 57.9 Å². The van der Waals surface area contributed by atoms with Crippen LogP contribution in [0, 0.1) is 0 Å². The van der Waals surface area contributed by atoms with Crippen molar-refractivity contribution in [2.24, 2.45) is 0 Å². The predicted octanol–water partition coefficient (Wildman–Crippen LogP) is 3.34. The van der Waals surface area contributed by atoms with Crippen molar-refractivity contribution in [3.05, 3.63) is 29.8 Å². The quantitative estimate of drug-likeness (QED) is 0.510. The summed E-state index contributed by atoms with van der Waals surface area (Å²) in [4.78, 5) is 23.7. The predicted molar refractivity (Wildman–Crippen MR) is 101 cm³/mol. The van der Waals surface area contributed by atoms with E-state index in [1.54, 1.807) is 12.1 Å². The minimum atomic E-state index is -0.849. The van der Waals surface area contributed by atoms with E-state index in [2.05, 4.69) is 5.32 Å². The molecule has 6 nitrogen and oxygen atoms in total. The second-order valence-electron chi connectivity index (χ2n) is 6.06. The smallest absolute Gasteiger partial charge is 0.331 e. The van der Waals surface area contributed by atoms with Gasteiger partial charge in [0, 0.05) is 12.1 Å². The monoisotopic (exact) mass is 363 g/mol. The van der Waals surface area contributed by atoms with Crippen LogP contribution in [0.15, 0.2) is 24.3 Å². The summed E-state index contributed by atoms with van der Waals surface area (Å²) in [5, 5.41) is 2.70. The number of esters is 1. The van der Waals surface area contributed by atoms with E-state index in [1.165, 1.54) is 13.0 Å². The Bertz CT molecular complexity index is 625. The molecule has 0 spiro atoms. The molecule has 1 aromatic carbocycles. The normalized spacial score (nSPS) is 12.1. The van der Waals surface area contributed by atoms with E-state index in [0.717, 1.165) is 12.0 Å². The summed E-state index contributed by atoms with van der Waals surface area (Å²) < 4.78 is 16.3. The van der Waals surface area contributed by atoms with E-state index >= 15 is 0 Å². The van der Waals surface area contributed by atoms with E-state index < -0.39 is 12.1 Å². The summed E-state index contributed by atoms with van der Waals surface area (Å²) in [6.07, 6.45) is 2.96. The van der Waals surface area contributed by atoms with Crippen LogP contribution in [0.1, 0.15) is 46.6 Å². The molecule has 144 valence electrons. The molecule has 0 aliphatic heterocycles. The molecule has 0 fully saturated rings. The van der Waals surface area contributed by atoms with Gasteiger partial charge in [0.05, 0.1) is 13.2 Å². The first kappa shape index (κ1) is 21.5. The van der Waals surface area contributed by atoms with Crippen molar-refractivity contribution in [1.82, 2.24) is 5.32 Å². The molecule has 0 saturated carbocycles. The minimum absolute atomic E-state index is 0.00961. The summed E-state index contributed by atoms with van der Waals surface area (Å²) in [6, 6.07) is 5.42. The summed E-state index contributed by atoms with van der Waals surface area (Å²) in [7, 11) is 0. The van der Waals surface area contributed by atoms with Crippen LogP contribution in [-0.2, 0) is 14.3 Å². The highest BCUT2D eigenvalue weighted by Crippen LogP contribution is 2.29. The van der Waals surface area contributed by atoms with E-state index in [0.29, 0.717) is 24.7 Å². The molecule has 0 aliphatic rings. The Morgan fingerprint density at radius 3 is 2.46 bits per heavy atom. The standard InChI is InChI=1S/C20H29NO5/c1-6-12-25-17-10-8-16(13-18(17)24-7-2)9-11-19(22)26-15(5)20(23)21-14(3)4/h8-11,13-15H,6-7,12H2,1-5H3,(H,21,23)/b11-9+. The highest BCUT2D eigenvalue weighted by atomic mass is 16.5. The fourth-order valence-electron chi connectivity index (χ4n) is 2.06. The van der Waals surface area contributed by atoms with Gasteiger partial charge in [-0.3, -0.25) is 4.79 Å². The van der Waals surface area contributed by atoms with Crippen molar-refractivity contribution in [1.29, 1.82) is 0 Å². The third kappa shape index (κ3) is 7.59. The van der Waals surface area contributed by atoms with Crippen LogP contribution in [0.25, 0.3) is 6.08 Å². The van der Waals surface area contributed by atoms with Crippen molar-refractivity contribution in [3.8, 4) is 11.5 Å². The average Bonchev–Trinajstić information content (AvgIpc) is 2.58. The van der Waals surface area contributed by atoms with Crippen LogP contribution >= 0.6 is 0 Å². The van der Waals surface area contributed by atoms with Gasteiger partial charge >= 0.3 is 5.97 Å². The number of hydrogen-bond donors (Lipinski definition) is 1. The zero-order valence-electron chi connectivity index (χ0n) is 16.2. The molecular weight excluding hydrogens is 334 g/mol. The van der Waals surface area contributed by atoms with Gasteiger partial charge in [-0.15, -0.1) is 0 Å². The van der Waals surface area contributed by atoms with E-state index in [4.69, 9.17) is 14.2 Å². The molecule has 1 aromatic rings. The van der Waals surface area contributed by atoms with Crippen molar-refractivity contribution < 1.29 is 23.8 Å². The second kappa shape index (κ2) is 11.2. The molecule has 1 unspecified atom stereocenters. The molecule has 0 heterocycles. The maximum absolute atomic E-state index is 11.9. The maximum atomic E-state index is 11.9. The van der Waals surface area contributed by atoms with Crippen LogP contribution in [-0.4, -0.2) is 37.2 Å². The van der Waals surface area contributed by atoms with Crippen LogP contribution in [0.4, 0.5) is 0 Å². The summed E-state index contributed by atoms with van der Waals surface area (Å²) in [5.74, 6) is 0.395. The first-order valence-electron chi connectivity index (χ1n) is 8.96. The molecule has 0 aliphatic carbocycles. The minimum Gasteiger partial charge on any atom is -0.490 e. The van der Waals surface area contributed by atoms with Gasteiger partial charge in [0.2, 0.25) is 0 Å². The molecular formula is C20H29NO5. The van der Waals surface area contributed by atoms with Crippen molar-refractivity contribution >= 4 is 18.0 Å². The Kier molecular flexibility index (Phi) is 9.26. The lowest BCUT2D eigenvalue weighted by atomic mass is 10.2. The summed E-state index contributed by atoms with van der Waals surface area (Å²) >= 11 is 0. The highest BCUT2D eigenvalue weighted by molar-refractivity contribution is 5.90. The van der Waals surface area contributed by atoms with Gasteiger partial charge in [-0.25, -0.2) is 4.79 Å². The SMILES string of the molecule is CCCOc1ccc(/C=C/C(=O)OC(C)C(=O)NC(C)C)cc1OCC. The van der Waals surface area contributed by atoms with Gasteiger partial charge in [-0.1, -0.05) is 13.0 Å². The molecule has 6 heteroatoms. The zero-order valence-corrected chi connectivity index (χ0v) is 16.2. The van der Waals surface area contributed by atoms with Crippen LogP contribution in [0.3, 0.4) is 0 Å². The molecule has 0 bridgehead atoms. The Hall–Kier alpha value is -2.50. The lowest BCUT2D eigenvalue weighted by molar-refractivity contribution is -0.150. The number of amides is 1. The maximum Gasteiger partial charge on any atom is 0.331 e. The summed E-state index contributed by atoms with van der Waals surface area (Å²) in [5.41, 5.74) is 0.772. The van der Waals surface area contributed by atoms with Crippen LogP contribution < -0.4 is 14.8 Å². The van der Waals surface area contributed by atoms with Crippen molar-refractivity contribution in [2.45, 2.75) is 53.2 Å². The first-order chi connectivity index (χ1) is 12.4. The topological polar surface area (TPSA) is 73.9 Å². The number of benzene rings is 1. The molecule has 0 saturated heterocycles. The van der Waals surface area contributed by atoms with E-state index in [9.17, 15) is 9.59 Å². The Morgan fingerprint density at radius 1 is 1.12 bits per heavy atom. The first-order valence-corrected chi connectivity index (χ1v) is 8.96. The van der Waals surface area contributed by atoms with Gasteiger partial charge in [-0.2, -0.15) is 0 Å². The van der Waals surface area contributed by atoms with Crippen molar-refractivity contribution in [3.63, 3.8) is 0 Å².